The molecule has 0 fully saturated rings. The van der Waals surface area contributed by atoms with Gasteiger partial charge < -0.3 is 5.32 Å². The van der Waals surface area contributed by atoms with Crippen molar-refractivity contribution in [3.8, 4) is 0 Å². The van der Waals surface area contributed by atoms with Gasteiger partial charge >= 0.3 is 0 Å². The number of carbonyl (C=O) groups is 1. The van der Waals surface area contributed by atoms with Gasteiger partial charge in [-0.05, 0) is 32.9 Å². The summed E-state index contributed by atoms with van der Waals surface area (Å²) in [5, 5.41) is 9.87. The number of aromatic amines is 1. The van der Waals surface area contributed by atoms with Crippen LogP contribution in [0.15, 0.2) is 12.1 Å². The van der Waals surface area contributed by atoms with Crippen LogP contribution in [0.3, 0.4) is 0 Å². The highest BCUT2D eigenvalue weighted by atomic mass is 35.5. The van der Waals surface area contributed by atoms with E-state index >= 15 is 0 Å². The van der Waals surface area contributed by atoms with Crippen molar-refractivity contribution >= 4 is 23.3 Å². The molecule has 2 aromatic heterocycles. The number of halogens is 1. The van der Waals surface area contributed by atoms with Crippen LogP contribution in [0.4, 0.5) is 5.82 Å². The molecule has 0 aliphatic carbocycles. The Hall–Kier alpha value is -1.88. The van der Waals surface area contributed by atoms with Gasteiger partial charge in [-0.1, -0.05) is 11.6 Å². The first-order chi connectivity index (χ1) is 8.47. The number of aryl methyl sites for hydroxylation is 2. The zero-order valence-corrected chi connectivity index (χ0v) is 11.1. The van der Waals surface area contributed by atoms with Gasteiger partial charge in [0.1, 0.15) is 5.15 Å². The number of pyridine rings is 1. The number of amides is 1. The van der Waals surface area contributed by atoms with Crippen LogP contribution < -0.4 is 5.32 Å². The topological polar surface area (TPSA) is 70.7 Å². The molecule has 1 amide bonds. The van der Waals surface area contributed by atoms with Crippen LogP contribution in [0.25, 0.3) is 0 Å². The fourth-order valence-electron chi connectivity index (χ4n) is 1.55. The molecule has 0 spiro atoms. The molecule has 0 radical (unpaired) electrons. The molecule has 0 unspecified atom stereocenters. The summed E-state index contributed by atoms with van der Waals surface area (Å²) < 4.78 is 0. The number of aromatic nitrogens is 3. The number of H-pyrrole nitrogens is 1. The molecular formula is C12H13ClN4O. The maximum Gasteiger partial charge on any atom is 0.257 e. The molecule has 0 saturated carbocycles. The lowest BCUT2D eigenvalue weighted by molar-refractivity contribution is 0.102. The van der Waals surface area contributed by atoms with Crippen LogP contribution in [0.1, 0.15) is 27.3 Å². The normalized spacial score (nSPS) is 10.4. The molecule has 0 atom stereocenters. The van der Waals surface area contributed by atoms with Crippen LogP contribution in [-0.4, -0.2) is 21.1 Å². The van der Waals surface area contributed by atoms with Crippen LogP contribution in [0, 0.1) is 20.8 Å². The predicted octanol–water partition coefficient (Wildman–Crippen LogP) is 2.64. The smallest absolute Gasteiger partial charge is 0.257 e. The summed E-state index contributed by atoms with van der Waals surface area (Å²) in [4.78, 5) is 16.0. The van der Waals surface area contributed by atoms with Gasteiger partial charge in [0.25, 0.3) is 5.91 Å². The lowest BCUT2D eigenvalue weighted by Crippen LogP contribution is -2.13. The minimum Gasteiger partial charge on any atom is -0.305 e. The van der Waals surface area contributed by atoms with Crippen LogP contribution in [0.5, 0.6) is 0 Å². The molecule has 94 valence electrons. The number of hydrogen-bond acceptors (Lipinski definition) is 3. The summed E-state index contributed by atoms with van der Waals surface area (Å²) in [6.45, 7) is 5.57. The van der Waals surface area contributed by atoms with E-state index in [2.05, 4.69) is 20.5 Å². The number of nitrogens with one attached hydrogen (secondary N) is 2. The van der Waals surface area contributed by atoms with Crippen molar-refractivity contribution in [3.05, 3.63) is 39.8 Å². The Morgan fingerprint density at radius 1 is 1.33 bits per heavy atom. The van der Waals surface area contributed by atoms with Crippen molar-refractivity contribution in [2.24, 2.45) is 0 Å². The van der Waals surface area contributed by atoms with E-state index in [1.807, 2.05) is 13.8 Å². The third kappa shape index (κ3) is 2.51. The number of hydrogen-bond donors (Lipinski definition) is 2. The van der Waals surface area contributed by atoms with E-state index < -0.39 is 0 Å². The highest BCUT2D eigenvalue weighted by Crippen LogP contribution is 2.16. The van der Waals surface area contributed by atoms with Crippen molar-refractivity contribution < 1.29 is 4.79 Å². The van der Waals surface area contributed by atoms with Gasteiger partial charge in [-0.15, -0.1) is 0 Å². The molecule has 6 heteroatoms. The van der Waals surface area contributed by atoms with E-state index in [0.717, 1.165) is 11.3 Å². The molecular weight excluding hydrogens is 252 g/mol. The molecule has 2 heterocycles. The van der Waals surface area contributed by atoms with Gasteiger partial charge in [0.2, 0.25) is 0 Å². The Labute approximate surface area is 110 Å². The highest BCUT2D eigenvalue weighted by molar-refractivity contribution is 6.29. The molecule has 0 aromatic carbocycles. The fraction of sp³-hybridized carbons (Fsp3) is 0.250. The summed E-state index contributed by atoms with van der Waals surface area (Å²) in [6.07, 6.45) is 0. The number of nitrogens with zero attached hydrogens (tertiary/aromatic N) is 2. The molecule has 18 heavy (non-hydrogen) atoms. The first-order valence-corrected chi connectivity index (χ1v) is 5.82. The second-order valence-corrected chi connectivity index (χ2v) is 4.48. The summed E-state index contributed by atoms with van der Waals surface area (Å²) in [5.41, 5.74) is 3.00. The van der Waals surface area contributed by atoms with Gasteiger partial charge in [0.15, 0.2) is 5.82 Å². The second kappa shape index (κ2) is 4.78. The molecule has 2 N–H and O–H groups in total. The molecule has 2 rings (SSSR count). The zero-order chi connectivity index (χ0) is 13.3. The maximum absolute atomic E-state index is 12.0. The number of carbonyl (C=O) groups excluding carboxylic acids is 1. The molecule has 5 nitrogen and oxygen atoms in total. The van der Waals surface area contributed by atoms with Gasteiger partial charge in [-0.2, -0.15) is 5.10 Å². The van der Waals surface area contributed by atoms with Crippen LogP contribution >= 0.6 is 11.6 Å². The largest absolute Gasteiger partial charge is 0.305 e. The number of anilines is 1. The third-order valence-corrected chi connectivity index (χ3v) is 2.86. The first kappa shape index (κ1) is 12.6. The lowest BCUT2D eigenvalue weighted by Gasteiger charge is -2.04. The Morgan fingerprint density at radius 2 is 2.06 bits per heavy atom. The molecule has 0 aliphatic heterocycles. The van der Waals surface area contributed by atoms with Gasteiger partial charge in [-0.3, -0.25) is 9.89 Å². The Bertz CT molecular complexity index is 586. The standard InChI is InChI=1S/C12H13ClN4O/c1-6-4-9(5-10(13)14-6)12(18)15-11-7(2)8(3)16-17-11/h4-5H,1-3H3,(H2,15,16,17,18). The highest BCUT2D eigenvalue weighted by Gasteiger charge is 2.12. The van der Waals surface area contributed by atoms with E-state index in [0.29, 0.717) is 22.2 Å². The first-order valence-electron chi connectivity index (χ1n) is 5.44. The SMILES string of the molecule is Cc1cc(C(=O)Nc2n[nH]c(C)c2C)cc(Cl)n1. The third-order valence-electron chi connectivity index (χ3n) is 2.67. The van der Waals surface area contributed by atoms with Crippen molar-refractivity contribution in [1.82, 2.24) is 15.2 Å². The average Bonchev–Trinajstić information content (AvgIpc) is 2.59. The Morgan fingerprint density at radius 3 is 2.61 bits per heavy atom. The van der Waals surface area contributed by atoms with Crippen molar-refractivity contribution in [1.29, 1.82) is 0 Å². The molecule has 0 saturated heterocycles. The summed E-state index contributed by atoms with van der Waals surface area (Å²) in [7, 11) is 0. The van der Waals surface area contributed by atoms with E-state index in [9.17, 15) is 4.79 Å². The maximum atomic E-state index is 12.0. The van der Waals surface area contributed by atoms with E-state index in [4.69, 9.17) is 11.6 Å². The predicted molar refractivity (Wildman–Crippen MR) is 70.0 cm³/mol. The monoisotopic (exact) mass is 264 g/mol. The van der Waals surface area contributed by atoms with E-state index in [1.54, 1.807) is 13.0 Å². The molecule has 0 bridgehead atoms. The average molecular weight is 265 g/mol. The summed E-state index contributed by atoms with van der Waals surface area (Å²) >= 11 is 5.82. The fourth-order valence-corrected chi connectivity index (χ4v) is 1.80. The Balaban J connectivity index is 2.24. The van der Waals surface area contributed by atoms with Crippen LogP contribution in [-0.2, 0) is 0 Å². The summed E-state index contributed by atoms with van der Waals surface area (Å²) in [6, 6.07) is 3.20. The van der Waals surface area contributed by atoms with Crippen molar-refractivity contribution in [3.63, 3.8) is 0 Å². The van der Waals surface area contributed by atoms with Crippen molar-refractivity contribution in [2.45, 2.75) is 20.8 Å². The van der Waals surface area contributed by atoms with Gasteiger partial charge in [-0.25, -0.2) is 4.98 Å². The van der Waals surface area contributed by atoms with Crippen molar-refractivity contribution in [2.75, 3.05) is 5.32 Å². The van der Waals surface area contributed by atoms with Gasteiger partial charge in [0, 0.05) is 22.5 Å². The minimum absolute atomic E-state index is 0.253. The van der Waals surface area contributed by atoms with E-state index in [1.165, 1.54) is 6.07 Å². The lowest BCUT2D eigenvalue weighted by atomic mass is 10.2. The zero-order valence-electron chi connectivity index (χ0n) is 10.3. The molecule has 2 aromatic rings. The Kier molecular flexibility index (Phi) is 3.34. The number of rotatable bonds is 2. The quantitative estimate of drug-likeness (QED) is 0.819. The minimum atomic E-state index is -0.253. The summed E-state index contributed by atoms with van der Waals surface area (Å²) in [5.74, 6) is 0.278. The van der Waals surface area contributed by atoms with Gasteiger partial charge in [0.05, 0.1) is 0 Å². The molecule has 0 aliphatic rings. The second-order valence-electron chi connectivity index (χ2n) is 4.10. The van der Waals surface area contributed by atoms with E-state index in [-0.39, 0.29) is 5.91 Å². The van der Waals surface area contributed by atoms with Crippen LogP contribution in [0.2, 0.25) is 5.15 Å².